The molecular formula is C14H14N4. The van der Waals surface area contributed by atoms with Crippen LogP contribution in [0, 0.1) is 0 Å². The van der Waals surface area contributed by atoms with Gasteiger partial charge in [-0.05, 0) is 25.0 Å². The fourth-order valence-electron chi connectivity index (χ4n) is 2.50. The van der Waals surface area contributed by atoms with E-state index in [9.17, 15) is 0 Å². The van der Waals surface area contributed by atoms with Gasteiger partial charge in [0.2, 0.25) is 0 Å². The van der Waals surface area contributed by atoms with Crippen molar-refractivity contribution < 1.29 is 0 Å². The maximum absolute atomic E-state index is 4.76. The summed E-state index contributed by atoms with van der Waals surface area (Å²) < 4.78 is 0. The summed E-state index contributed by atoms with van der Waals surface area (Å²) in [6, 6.07) is 5.87. The zero-order chi connectivity index (χ0) is 11.9. The van der Waals surface area contributed by atoms with Crippen LogP contribution in [-0.2, 0) is 13.1 Å². The van der Waals surface area contributed by atoms with Gasteiger partial charge in [0.1, 0.15) is 5.69 Å². The van der Waals surface area contributed by atoms with Gasteiger partial charge in [0.25, 0.3) is 0 Å². The van der Waals surface area contributed by atoms with Crippen molar-refractivity contribution in [1.82, 2.24) is 20.3 Å². The number of hydrogen-bond acceptors (Lipinski definition) is 4. The molecule has 0 radical (unpaired) electrons. The average molecular weight is 238 g/mol. The molecule has 3 heterocycles. The van der Waals surface area contributed by atoms with Crippen LogP contribution in [0.5, 0.6) is 0 Å². The van der Waals surface area contributed by atoms with Crippen molar-refractivity contribution in [3.63, 3.8) is 0 Å². The highest BCUT2D eigenvalue weighted by atomic mass is 15.0. The second-order valence-corrected chi connectivity index (χ2v) is 4.95. The van der Waals surface area contributed by atoms with Gasteiger partial charge in [-0.3, -0.25) is 4.98 Å². The summed E-state index contributed by atoms with van der Waals surface area (Å²) in [6.45, 7) is 1.78. The molecule has 2 aromatic rings. The predicted octanol–water partition coefficient (Wildman–Crippen LogP) is 2.02. The number of nitrogens with one attached hydrogen (secondary N) is 1. The van der Waals surface area contributed by atoms with Crippen LogP contribution in [0.2, 0.25) is 0 Å². The SMILES string of the molecule is c1ccc(-c2nc3c(c(C4CC4)n2)CNC3)nc1. The molecule has 1 fully saturated rings. The Morgan fingerprint density at radius 1 is 1.11 bits per heavy atom. The molecule has 0 unspecified atom stereocenters. The van der Waals surface area contributed by atoms with E-state index in [1.165, 1.54) is 24.1 Å². The minimum Gasteiger partial charge on any atom is -0.307 e. The second kappa shape index (κ2) is 3.85. The summed E-state index contributed by atoms with van der Waals surface area (Å²) in [5.74, 6) is 1.43. The lowest BCUT2D eigenvalue weighted by molar-refractivity contribution is 0.755. The van der Waals surface area contributed by atoms with Crippen LogP contribution in [0.1, 0.15) is 35.7 Å². The van der Waals surface area contributed by atoms with Crippen molar-refractivity contribution in [2.45, 2.75) is 31.8 Å². The normalized spacial score (nSPS) is 17.8. The molecule has 1 saturated carbocycles. The van der Waals surface area contributed by atoms with Crippen LogP contribution in [-0.4, -0.2) is 15.0 Å². The molecule has 2 aliphatic rings. The second-order valence-electron chi connectivity index (χ2n) is 4.95. The third kappa shape index (κ3) is 1.61. The first kappa shape index (κ1) is 10.1. The van der Waals surface area contributed by atoms with E-state index in [2.05, 4.69) is 15.3 Å². The van der Waals surface area contributed by atoms with Gasteiger partial charge in [0.05, 0.1) is 11.4 Å². The van der Waals surface area contributed by atoms with Crippen molar-refractivity contribution >= 4 is 0 Å². The van der Waals surface area contributed by atoms with Crippen molar-refractivity contribution in [2.24, 2.45) is 0 Å². The molecular weight excluding hydrogens is 224 g/mol. The first-order valence-electron chi connectivity index (χ1n) is 6.43. The summed E-state index contributed by atoms with van der Waals surface area (Å²) in [5, 5.41) is 3.37. The van der Waals surface area contributed by atoms with E-state index < -0.39 is 0 Å². The summed E-state index contributed by atoms with van der Waals surface area (Å²) in [7, 11) is 0. The minimum absolute atomic E-state index is 0.657. The van der Waals surface area contributed by atoms with Gasteiger partial charge in [-0.25, -0.2) is 9.97 Å². The topological polar surface area (TPSA) is 50.7 Å². The molecule has 4 heteroatoms. The third-order valence-corrected chi connectivity index (χ3v) is 3.58. The van der Waals surface area contributed by atoms with Gasteiger partial charge in [-0.15, -0.1) is 0 Å². The van der Waals surface area contributed by atoms with Crippen LogP contribution in [0.3, 0.4) is 0 Å². The predicted molar refractivity (Wildman–Crippen MR) is 67.8 cm³/mol. The van der Waals surface area contributed by atoms with Crippen LogP contribution >= 0.6 is 0 Å². The van der Waals surface area contributed by atoms with E-state index >= 15 is 0 Å². The van der Waals surface area contributed by atoms with E-state index in [1.54, 1.807) is 6.20 Å². The molecule has 4 nitrogen and oxygen atoms in total. The highest BCUT2D eigenvalue weighted by molar-refractivity contribution is 5.51. The number of rotatable bonds is 2. The number of fused-ring (bicyclic) bond motifs is 1. The van der Waals surface area contributed by atoms with Crippen molar-refractivity contribution in [3.05, 3.63) is 41.3 Å². The highest BCUT2D eigenvalue weighted by Crippen LogP contribution is 2.42. The van der Waals surface area contributed by atoms with Crippen LogP contribution < -0.4 is 5.32 Å². The van der Waals surface area contributed by atoms with Gasteiger partial charge in [0, 0.05) is 30.8 Å². The Hall–Kier alpha value is -1.81. The monoisotopic (exact) mass is 238 g/mol. The minimum atomic E-state index is 0.657. The standard InChI is InChI=1S/C14H14N4/c1-2-6-16-11(3-1)14-17-12-8-15-7-10(12)13(18-14)9-4-5-9/h1-3,6,9,15H,4-5,7-8H2. The van der Waals surface area contributed by atoms with Gasteiger partial charge in [0.15, 0.2) is 5.82 Å². The Kier molecular flexibility index (Phi) is 2.17. The zero-order valence-corrected chi connectivity index (χ0v) is 10.1. The lowest BCUT2D eigenvalue weighted by atomic mass is 10.1. The highest BCUT2D eigenvalue weighted by Gasteiger charge is 2.31. The fraction of sp³-hybridized carbons (Fsp3) is 0.357. The van der Waals surface area contributed by atoms with Crippen LogP contribution in [0.25, 0.3) is 11.5 Å². The quantitative estimate of drug-likeness (QED) is 0.869. The van der Waals surface area contributed by atoms with Crippen molar-refractivity contribution in [2.75, 3.05) is 0 Å². The molecule has 0 atom stereocenters. The van der Waals surface area contributed by atoms with E-state index in [0.717, 1.165) is 30.3 Å². The van der Waals surface area contributed by atoms with E-state index in [4.69, 9.17) is 4.98 Å². The Morgan fingerprint density at radius 3 is 2.83 bits per heavy atom. The average Bonchev–Trinajstić information content (AvgIpc) is 3.16. The van der Waals surface area contributed by atoms with Gasteiger partial charge >= 0.3 is 0 Å². The summed E-state index contributed by atoms with van der Waals surface area (Å²) in [4.78, 5) is 13.8. The molecule has 2 aromatic heterocycles. The zero-order valence-electron chi connectivity index (χ0n) is 10.1. The lowest BCUT2D eigenvalue weighted by Gasteiger charge is -2.08. The fourth-order valence-corrected chi connectivity index (χ4v) is 2.50. The van der Waals surface area contributed by atoms with Gasteiger partial charge in [-0.2, -0.15) is 0 Å². The van der Waals surface area contributed by atoms with Crippen molar-refractivity contribution in [3.8, 4) is 11.5 Å². The van der Waals surface area contributed by atoms with Crippen LogP contribution in [0.4, 0.5) is 0 Å². The van der Waals surface area contributed by atoms with Gasteiger partial charge in [-0.1, -0.05) is 6.07 Å². The number of pyridine rings is 1. The number of hydrogen-bond donors (Lipinski definition) is 1. The Morgan fingerprint density at radius 2 is 2.06 bits per heavy atom. The summed E-state index contributed by atoms with van der Waals surface area (Å²) in [5.41, 5.74) is 4.62. The molecule has 0 saturated heterocycles. The molecule has 0 bridgehead atoms. The number of aromatic nitrogens is 3. The molecule has 0 aromatic carbocycles. The maximum Gasteiger partial charge on any atom is 0.178 e. The third-order valence-electron chi connectivity index (χ3n) is 3.58. The first-order valence-corrected chi connectivity index (χ1v) is 6.43. The summed E-state index contributed by atoms with van der Waals surface area (Å²) >= 11 is 0. The van der Waals surface area contributed by atoms with E-state index in [-0.39, 0.29) is 0 Å². The van der Waals surface area contributed by atoms with E-state index in [1.807, 2.05) is 18.2 Å². The Balaban J connectivity index is 1.87. The Labute approximate surface area is 106 Å². The molecule has 0 spiro atoms. The summed E-state index contributed by atoms with van der Waals surface area (Å²) in [6.07, 6.45) is 4.33. The molecule has 18 heavy (non-hydrogen) atoms. The largest absolute Gasteiger partial charge is 0.307 e. The van der Waals surface area contributed by atoms with Crippen molar-refractivity contribution in [1.29, 1.82) is 0 Å². The van der Waals surface area contributed by atoms with Gasteiger partial charge < -0.3 is 5.32 Å². The van der Waals surface area contributed by atoms with Crippen LogP contribution in [0.15, 0.2) is 24.4 Å². The molecule has 1 aliphatic heterocycles. The molecule has 0 amide bonds. The smallest absolute Gasteiger partial charge is 0.178 e. The molecule has 1 N–H and O–H groups in total. The molecule has 1 aliphatic carbocycles. The molecule has 90 valence electrons. The Bertz CT molecular complexity index is 590. The maximum atomic E-state index is 4.76. The van der Waals surface area contributed by atoms with E-state index in [0.29, 0.717) is 5.92 Å². The molecule has 4 rings (SSSR count). The first-order chi connectivity index (χ1) is 8.92. The lowest BCUT2D eigenvalue weighted by Crippen LogP contribution is -2.03. The number of nitrogens with zero attached hydrogens (tertiary/aromatic N) is 3.